The number of nitrogens with zero attached hydrogens (tertiary/aromatic N) is 1. The summed E-state index contributed by atoms with van der Waals surface area (Å²) in [5, 5.41) is 10.8. The van der Waals surface area contributed by atoms with Crippen molar-refractivity contribution in [1.82, 2.24) is 9.88 Å². The van der Waals surface area contributed by atoms with Crippen molar-refractivity contribution < 1.29 is 24.2 Å². The van der Waals surface area contributed by atoms with Crippen LogP contribution in [-0.4, -0.2) is 51.2 Å². The van der Waals surface area contributed by atoms with Gasteiger partial charge in [-0.05, 0) is 54.2 Å². The zero-order valence-corrected chi connectivity index (χ0v) is 21.8. The number of aliphatic carboxylic acids is 1. The maximum atomic E-state index is 13.7. The third kappa shape index (κ3) is 3.33. The summed E-state index contributed by atoms with van der Waals surface area (Å²) in [5.41, 5.74) is 1.06. The molecule has 36 heavy (non-hydrogen) atoms. The van der Waals surface area contributed by atoms with E-state index in [1.807, 2.05) is 38.1 Å². The minimum absolute atomic E-state index is 0.0257. The molecule has 2 aliphatic heterocycles. The first kappa shape index (κ1) is 23.8. The van der Waals surface area contributed by atoms with E-state index in [0.29, 0.717) is 0 Å². The van der Waals surface area contributed by atoms with Crippen LogP contribution in [0.3, 0.4) is 0 Å². The lowest BCUT2D eigenvalue weighted by Crippen LogP contribution is -2.47. The van der Waals surface area contributed by atoms with Crippen LogP contribution in [0.15, 0.2) is 34.1 Å². The molecule has 2 aliphatic carbocycles. The summed E-state index contributed by atoms with van der Waals surface area (Å²) in [6.45, 7) is 3.80. The van der Waals surface area contributed by atoms with E-state index in [-0.39, 0.29) is 57.9 Å². The van der Waals surface area contributed by atoms with Gasteiger partial charge in [0, 0.05) is 16.0 Å². The number of amides is 2. The number of hydrogen-bond acceptors (Lipinski definition) is 7. The number of methoxy groups -OCH3 is 1. The number of thiazole rings is 1. The second-order valence-electron chi connectivity index (χ2n) is 10.8. The molecule has 6 rings (SSSR count). The molecule has 2 aromatic rings. The van der Waals surface area contributed by atoms with Crippen LogP contribution in [0.4, 0.5) is 0 Å². The summed E-state index contributed by atoms with van der Waals surface area (Å²) in [6, 6.07) is 6.73. The van der Waals surface area contributed by atoms with Crippen molar-refractivity contribution in [2.75, 3.05) is 7.11 Å². The Kier molecular flexibility index (Phi) is 5.60. The van der Waals surface area contributed by atoms with Crippen molar-refractivity contribution in [3.05, 3.63) is 44.4 Å². The second kappa shape index (κ2) is 8.48. The number of H-pyrrole nitrogens is 1. The zero-order valence-electron chi connectivity index (χ0n) is 20.2. The number of carbonyl (C=O) groups excluding carboxylic acids is 2. The van der Waals surface area contributed by atoms with Crippen molar-refractivity contribution in [3.63, 3.8) is 0 Å². The highest BCUT2D eigenvalue weighted by molar-refractivity contribution is 8.00. The van der Waals surface area contributed by atoms with Crippen LogP contribution in [-0.2, 0) is 14.4 Å². The highest BCUT2D eigenvalue weighted by atomic mass is 32.2. The molecule has 190 valence electrons. The first-order valence-electron chi connectivity index (χ1n) is 12.3. The van der Waals surface area contributed by atoms with Gasteiger partial charge in [-0.3, -0.25) is 19.3 Å². The van der Waals surface area contributed by atoms with Crippen LogP contribution in [0.1, 0.15) is 43.0 Å². The maximum Gasteiger partial charge on any atom is 0.326 e. The van der Waals surface area contributed by atoms with Crippen LogP contribution in [0, 0.1) is 35.5 Å². The van der Waals surface area contributed by atoms with Gasteiger partial charge in [0.15, 0.2) is 0 Å². The monoisotopic (exact) mass is 528 g/mol. The number of aromatic amines is 1. The number of aromatic nitrogens is 1. The summed E-state index contributed by atoms with van der Waals surface area (Å²) in [6.07, 6.45) is 1.02. The molecule has 8 atom stereocenters. The number of nitrogens with one attached hydrogen (secondary N) is 1. The number of likely N-dealkylation sites (tertiary alicyclic amines) is 1. The number of carboxylic acid groups (broad SMARTS) is 1. The van der Waals surface area contributed by atoms with Crippen LogP contribution in [0.5, 0.6) is 5.75 Å². The average Bonchev–Trinajstić information content (AvgIpc) is 3.56. The molecule has 2 amide bonds. The van der Waals surface area contributed by atoms with E-state index in [1.165, 1.54) is 11.3 Å². The van der Waals surface area contributed by atoms with E-state index in [1.54, 1.807) is 18.9 Å². The molecule has 1 saturated heterocycles. The number of benzene rings is 1. The number of ether oxygens (including phenoxy) is 1. The predicted molar refractivity (Wildman–Crippen MR) is 134 cm³/mol. The zero-order chi connectivity index (χ0) is 25.5. The molecule has 3 fully saturated rings. The van der Waals surface area contributed by atoms with Crippen molar-refractivity contribution in [1.29, 1.82) is 0 Å². The van der Waals surface area contributed by atoms with Crippen molar-refractivity contribution in [2.45, 2.75) is 48.9 Å². The van der Waals surface area contributed by atoms with Gasteiger partial charge in [0.1, 0.15) is 11.8 Å². The Labute approximate surface area is 216 Å². The average molecular weight is 529 g/mol. The Hall–Kier alpha value is -2.59. The summed E-state index contributed by atoms with van der Waals surface area (Å²) in [5.74, 6) is -2.01. The lowest BCUT2D eigenvalue weighted by Gasteiger charge is -2.43. The van der Waals surface area contributed by atoms with E-state index >= 15 is 0 Å². The standard InChI is InChI=1S/C26H28N2O6S2/c1-10(2)8-15(25(31)32)28-23(29)18-13-9-14(19(18)24(28)30)20-17(13)16(11-4-6-12(34-3)7-5-11)21-22(35-20)27-26(33)36-21/h4-7,10,13-20H,8-9H2,1-3H3,(H,27,33)(H,31,32)/t13-,14+,15-,16+,17+,18+,19+,20-/m1/s1. The van der Waals surface area contributed by atoms with Gasteiger partial charge in [-0.1, -0.05) is 37.3 Å². The fourth-order valence-corrected chi connectivity index (χ4v) is 10.2. The Balaban J connectivity index is 1.41. The Morgan fingerprint density at radius 3 is 2.42 bits per heavy atom. The SMILES string of the molecule is COc1ccc([C@@H]2c3sc(=O)[nH]c3S[C@@H]3[C@H]4C[C@@H]([C@@H]5C(=O)N([C@H](CC(C)C)C(=O)O)C(=O)[C@@H]45)[C@@H]23)cc1. The molecule has 0 radical (unpaired) electrons. The van der Waals surface area contributed by atoms with Crippen molar-refractivity contribution >= 4 is 40.9 Å². The Bertz CT molecular complexity index is 1300. The molecule has 0 unspecified atom stereocenters. The molecule has 2 bridgehead atoms. The van der Waals surface area contributed by atoms with Gasteiger partial charge in [-0.15, -0.1) is 11.8 Å². The largest absolute Gasteiger partial charge is 0.497 e. The molecule has 2 saturated carbocycles. The number of carbonyl (C=O) groups is 3. The van der Waals surface area contributed by atoms with E-state index < -0.39 is 23.8 Å². The summed E-state index contributed by atoms with van der Waals surface area (Å²) >= 11 is 2.85. The topological polar surface area (TPSA) is 117 Å². The lowest BCUT2D eigenvalue weighted by molar-refractivity contribution is -0.156. The minimum atomic E-state index is -1.12. The highest BCUT2D eigenvalue weighted by Crippen LogP contribution is 2.68. The second-order valence-corrected chi connectivity index (χ2v) is 13.0. The fraction of sp³-hybridized carbons (Fsp3) is 0.538. The van der Waals surface area contributed by atoms with E-state index in [0.717, 1.165) is 32.5 Å². The van der Waals surface area contributed by atoms with Gasteiger partial charge in [0.2, 0.25) is 11.8 Å². The van der Waals surface area contributed by atoms with E-state index in [9.17, 15) is 24.3 Å². The normalized spacial score (nSPS) is 33.0. The number of imide groups is 1. The molecule has 2 N–H and O–H groups in total. The first-order valence-corrected chi connectivity index (χ1v) is 14.0. The predicted octanol–water partition coefficient (Wildman–Crippen LogP) is 3.42. The van der Waals surface area contributed by atoms with Crippen molar-refractivity contribution in [3.8, 4) is 5.75 Å². The third-order valence-electron chi connectivity index (χ3n) is 8.52. The summed E-state index contributed by atoms with van der Waals surface area (Å²) in [7, 11) is 1.62. The molecule has 1 aromatic heterocycles. The van der Waals surface area contributed by atoms with Crippen LogP contribution >= 0.6 is 23.1 Å². The van der Waals surface area contributed by atoms with Gasteiger partial charge in [-0.25, -0.2) is 4.79 Å². The van der Waals surface area contributed by atoms with Crippen molar-refractivity contribution in [2.24, 2.45) is 35.5 Å². The lowest BCUT2D eigenvalue weighted by atomic mass is 9.68. The quantitative estimate of drug-likeness (QED) is 0.552. The van der Waals surface area contributed by atoms with Gasteiger partial charge >= 0.3 is 10.8 Å². The molecule has 0 spiro atoms. The minimum Gasteiger partial charge on any atom is -0.497 e. The Morgan fingerprint density at radius 1 is 1.14 bits per heavy atom. The highest BCUT2D eigenvalue weighted by Gasteiger charge is 2.70. The fourth-order valence-electron chi connectivity index (χ4n) is 7.29. The van der Waals surface area contributed by atoms with Gasteiger partial charge in [0.25, 0.3) is 0 Å². The first-order chi connectivity index (χ1) is 17.2. The Morgan fingerprint density at radius 2 is 1.81 bits per heavy atom. The van der Waals surface area contributed by atoms with Crippen LogP contribution in [0.25, 0.3) is 0 Å². The summed E-state index contributed by atoms with van der Waals surface area (Å²) < 4.78 is 5.34. The maximum absolute atomic E-state index is 13.7. The van der Waals surface area contributed by atoms with Gasteiger partial charge in [-0.2, -0.15) is 0 Å². The molecule has 3 heterocycles. The van der Waals surface area contributed by atoms with Crippen LogP contribution in [0.2, 0.25) is 0 Å². The molecular formula is C26H28N2O6S2. The van der Waals surface area contributed by atoms with Gasteiger partial charge < -0.3 is 14.8 Å². The van der Waals surface area contributed by atoms with Crippen LogP contribution < -0.4 is 9.61 Å². The number of hydrogen-bond donors (Lipinski definition) is 2. The molecule has 10 heteroatoms. The number of fused-ring (bicyclic) bond motifs is 9. The smallest absolute Gasteiger partial charge is 0.326 e. The third-order valence-corrected chi connectivity index (χ3v) is 11.1. The molecule has 8 nitrogen and oxygen atoms in total. The van der Waals surface area contributed by atoms with E-state index in [2.05, 4.69) is 4.98 Å². The molecule has 4 aliphatic rings. The number of rotatable bonds is 6. The number of thioether (sulfide) groups is 1. The molecule has 1 aromatic carbocycles. The van der Waals surface area contributed by atoms with Gasteiger partial charge in [0.05, 0.1) is 24.0 Å². The molecular weight excluding hydrogens is 500 g/mol. The summed E-state index contributed by atoms with van der Waals surface area (Å²) in [4.78, 5) is 56.8. The number of carboxylic acids is 1. The van der Waals surface area contributed by atoms with E-state index in [4.69, 9.17) is 4.74 Å².